The predicted molar refractivity (Wildman–Crippen MR) is 116 cm³/mol. The summed E-state index contributed by atoms with van der Waals surface area (Å²) in [5.74, 6) is 2.20. The third-order valence-corrected chi connectivity index (χ3v) is 6.51. The van der Waals surface area contributed by atoms with Crippen LogP contribution in [0.1, 0.15) is 50.3 Å². The normalized spacial score (nSPS) is 23.1. The molecule has 3 rings (SSSR count). The Hall–Kier alpha value is -2.35. The first-order valence-corrected chi connectivity index (χ1v) is 11.1. The molecule has 0 spiro atoms. The van der Waals surface area contributed by atoms with E-state index in [1.54, 1.807) is 14.2 Å². The molecule has 0 aliphatic carbocycles. The average Bonchev–Trinajstić information content (AvgIpc) is 2.74. The highest BCUT2D eigenvalue weighted by Crippen LogP contribution is 2.45. The van der Waals surface area contributed by atoms with Crippen LogP contribution in [0, 0.1) is 27.9 Å². The van der Waals surface area contributed by atoms with Gasteiger partial charge in [-0.05, 0) is 60.3 Å². The van der Waals surface area contributed by atoms with Crippen molar-refractivity contribution in [1.29, 1.82) is 0 Å². The van der Waals surface area contributed by atoms with E-state index in [-0.39, 0.29) is 24.9 Å². The van der Waals surface area contributed by atoms with E-state index in [0.29, 0.717) is 18.4 Å². The molecule has 0 aromatic heterocycles. The van der Waals surface area contributed by atoms with E-state index >= 15 is 0 Å². The van der Waals surface area contributed by atoms with Gasteiger partial charge < -0.3 is 14.2 Å². The molecule has 0 N–H and O–H groups in total. The van der Waals surface area contributed by atoms with Crippen LogP contribution in [-0.2, 0) is 16.0 Å². The van der Waals surface area contributed by atoms with E-state index in [1.807, 2.05) is 0 Å². The quantitative estimate of drug-likeness (QED) is 0.334. The molecule has 3 atom stereocenters. The predicted octanol–water partition coefficient (Wildman–Crippen LogP) is 3.50. The van der Waals surface area contributed by atoms with Gasteiger partial charge in [0.2, 0.25) is 6.54 Å². The summed E-state index contributed by atoms with van der Waals surface area (Å²) in [6.07, 6.45) is 2.76. The number of methoxy groups -OCH3 is 2. The number of ether oxygens (including phenoxy) is 3. The Kier molecular flexibility index (Phi) is 7.75. The highest BCUT2D eigenvalue weighted by Gasteiger charge is 2.40. The molecule has 2 heterocycles. The number of nitro groups is 1. The number of nitrogens with zero attached hydrogens (tertiary/aromatic N) is 2. The zero-order valence-electron chi connectivity index (χ0n) is 19.0. The van der Waals surface area contributed by atoms with Gasteiger partial charge >= 0.3 is 5.97 Å². The van der Waals surface area contributed by atoms with E-state index in [4.69, 9.17) is 14.2 Å². The molecule has 0 saturated carbocycles. The fourth-order valence-electron chi connectivity index (χ4n) is 5.04. The maximum Gasteiger partial charge on any atom is 0.312 e. The topological polar surface area (TPSA) is 91.1 Å². The van der Waals surface area contributed by atoms with Gasteiger partial charge in [-0.1, -0.05) is 13.8 Å². The molecule has 1 fully saturated rings. The summed E-state index contributed by atoms with van der Waals surface area (Å²) >= 11 is 0. The first-order chi connectivity index (χ1) is 14.8. The van der Waals surface area contributed by atoms with Crippen molar-refractivity contribution >= 4 is 5.97 Å². The van der Waals surface area contributed by atoms with Crippen LogP contribution in [0.15, 0.2) is 12.1 Å². The molecule has 172 valence electrons. The standard InChI is InChI=1S/C23H34N2O6/c1-15(2)9-17-13-24-7-5-16-11-21(29-3)22(30-4)12-19(16)20(24)10-18(17)14-31-23(26)6-8-25(27)28/h11-12,15,17-18,20H,5-10,13-14H2,1-4H3. The first kappa shape index (κ1) is 23.3. The largest absolute Gasteiger partial charge is 0.493 e. The maximum atomic E-state index is 12.0. The second kappa shape index (κ2) is 10.3. The molecule has 8 heteroatoms. The lowest BCUT2D eigenvalue weighted by Crippen LogP contribution is -2.47. The van der Waals surface area contributed by atoms with Crippen LogP contribution < -0.4 is 9.47 Å². The van der Waals surface area contributed by atoms with Crippen molar-refractivity contribution in [3.63, 3.8) is 0 Å². The second-order valence-electron chi connectivity index (χ2n) is 9.04. The Morgan fingerprint density at radius 3 is 2.58 bits per heavy atom. The van der Waals surface area contributed by atoms with E-state index in [0.717, 1.165) is 43.9 Å². The molecule has 3 unspecified atom stereocenters. The molecule has 1 saturated heterocycles. The molecule has 0 amide bonds. The van der Waals surface area contributed by atoms with Crippen LogP contribution in [0.25, 0.3) is 0 Å². The van der Waals surface area contributed by atoms with Gasteiger partial charge in [0.25, 0.3) is 0 Å². The fraction of sp³-hybridized carbons (Fsp3) is 0.696. The van der Waals surface area contributed by atoms with Gasteiger partial charge in [-0.25, -0.2) is 0 Å². The Balaban J connectivity index is 1.78. The number of benzene rings is 1. The summed E-state index contributed by atoms with van der Waals surface area (Å²) in [6, 6.07) is 4.42. The molecule has 8 nitrogen and oxygen atoms in total. The van der Waals surface area contributed by atoms with Gasteiger partial charge in [-0.15, -0.1) is 0 Å². The summed E-state index contributed by atoms with van der Waals surface area (Å²) in [4.78, 5) is 24.6. The third-order valence-electron chi connectivity index (χ3n) is 6.51. The molecule has 1 aromatic carbocycles. The molecule has 2 aliphatic heterocycles. The summed E-state index contributed by atoms with van der Waals surface area (Å²) in [5, 5.41) is 10.5. The van der Waals surface area contributed by atoms with Crippen LogP contribution in [-0.4, -0.2) is 56.3 Å². The van der Waals surface area contributed by atoms with Crippen LogP contribution >= 0.6 is 0 Å². The van der Waals surface area contributed by atoms with Crippen molar-refractivity contribution in [1.82, 2.24) is 4.90 Å². The Morgan fingerprint density at radius 2 is 1.94 bits per heavy atom. The average molecular weight is 435 g/mol. The van der Waals surface area contributed by atoms with Crippen LogP contribution in [0.4, 0.5) is 0 Å². The van der Waals surface area contributed by atoms with Gasteiger partial charge in [-0.2, -0.15) is 0 Å². The Labute approximate surface area is 184 Å². The number of piperidine rings is 1. The van der Waals surface area contributed by atoms with Crippen molar-refractivity contribution in [3.05, 3.63) is 33.4 Å². The van der Waals surface area contributed by atoms with Crippen molar-refractivity contribution in [2.45, 2.75) is 45.6 Å². The fourth-order valence-corrected chi connectivity index (χ4v) is 5.04. The van der Waals surface area contributed by atoms with Crippen molar-refractivity contribution < 1.29 is 23.9 Å². The van der Waals surface area contributed by atoms with Crippen LogP contribution in [0.2, 0.25) is 0 Å². The van der Waals surface area contributed by atoms with E-state index in [1.165, 1.54) is 11.1 Å². The van der Waals surface area contributed by atoms with Gasteiger partial charge in [-0.3, -0.25) is 19.8 Å². The van der Waals surface area contributed by atoms with Gasteiger partial charge in [0.05, 0.1) is 20.8 Å². The lowest BCUT2D eigenvalue weighted by atomic mass is 9.74. The molecule has 2 aliphatic rings. The summed E-state index contributed by atoms with van der Waals surface area (Å²) < 4.78 is 16.5. The Morgan fingerprint density at radius 1 is 1.23 bits per heavy atom. The lowest BCUT2D eigenvalue weighted by molar-refractivity contribution is -0.479. The number of rotatable bonds is 9. The first-order valence-electron chi connectivity index (χ1n) is 11.1. The number of carbonyl (C=O) groups is 1. The maximum absolute atomic E-state index is 12.0. The Bertz CT molecular complexity index is 797. The summed E-state index contributed by atoms with van der Waals surface area (Å²) in [7, 11) is 3.30. The van der Waals surface area contributed by atoms with Crippen molar-refractivity contribution in [2.24, 2.45) is 17.8 Å². The highest BCUT2D eigenvalue weighted by atomic mass is 16.6. The van der Waals surface area contributed by atoms with E-state index in [2.05, 4.69) is 30.9 Å². The molecule has 0 radical (unpaired) electrons. The van der Waals surface area contributed by atoms with Crippen LogP contribution in [0.3, 0.4) is 0 Å². The molecule has 31 heavy (non-hydrogen) atoms. The summed E-state index contributed by atoms with van der Waals surface area (Å²) in [6.45, 7) is 6.33. The van der Waals surface area contributed by atoms with E-state index in [9.17, 15) is 14.9 Å². The number of hydrogen-bond donors (Lipinski definition) is 0. The zero-order valence-corrected chi connectivity index (χ0v) is 19.0. The zero-order chi connectivity index (χ0) is 22.5. The van der Waals surface area contributed by atoms with Gasteiger partial charge in [0.1, 0.15) is 6.42 Å². The number of hydrogen-bond acceptors (Lipinski definition) is 7. The minimum Gasteiger partial charge on any atom is -0.493 e. The van der Waals surface area contributed by atoms with Crippen LogP contribution in [0.5, 0.6) is 11.5 Å². The molecule has 0 bridgehead atoms. The highest BCUT2D eigenvalue weighted by molar-refractivity contribution is 5.69. The smallest absolute Gasteiger partial charge is 0.312 e. The molecular formula is C23H34N2O6. The van der Waals surface area contributed by atoms with Crippen molar-refractivity contribution in [2.75, 3.05) is 40.5 Å². The third kappa shape index (κ3) is 5.67. The monoisotopic (exact) mass is 434 g/mol. The van der Waals surface area contributed by atoms with E-state index < -0.39 is 10.9 Å². The minimum atomic E-state index is -0.488. The number of carbonyl (C=O) groups excluding carboxylic acids is 1. The molecule has 1 aromatic rings. The van der Waals surface area contributed by atoms with Gasteiger partial charge in [0, 0.05) is 24.1 Å². The minimum absolute atomic E-state index is 0.177. The second-order valence-corrected chi connectivity index (χ2v) is 9.04. The number of fused-ring (bicyclic) bond motifs is 3. The van der Waals surface area contributed by atoms with Crippen molar-refractivity contribution in [3.8, 4) is 11.5 Å². The van der Waals surface area contributed by atoms with Gasteiger partial charge in [0.15, 0.2) is 11.5 Å². The summed E-state index contributed by atoms with van der Waals surface area (Å²) in [5.41, 5.74) is 2.54. The SMILES string of the molecule is COc1cc2c(cc1OC)C1CC(COC(=O)CC[N+](=O)[O-])C(CC(C)C)CN1CC2. The molecular weight excluding hydrogens is 400 g/mol. The lowest BCUT2D eigenvalue weighted by Gasteiger charge is -2.47. The number of esters is 1.